The maximum absolute atomic E-state index is 11.1. The Morgan fingerprint density at radius 3 is 2.42 bits per heavy atom. The summed E-state index contributed by atoms with van der Waals surface area (Å²) in [6.07, 6.45) is 3.07. The van der Waals surface area contributed by atoms with Crippen molar-refractivity contribution in [2.45, 2.75) is 31.3 Å². The van der Waals surface area contributed by atoms with E-state index in [1.54, 1.807) is 0 Å². The number of aliphatic hydroxyl groups is 1. The fourth-order valence-corrected chi connectivity index (χ4v) is 3.76. The van der Waals surface area contributed by atoms with Crippen molar-refractivity contribution in [2.75, 3.05) is 20.1 Å². The predicted molar refractivity (Wildman–Crippen MR) is 73.6 cm³/mol. The van der Waals surface area contributed by atoms with Gasteiger partial charge in [-0.25, -0.2) is 0 Å². The van der Waals surface area contributed by atoms with Crippen molar-refractivity contribution < 1.29 is 5.11 Å². The molecule has 1 aromatic rings. The summed E-state index contributed by atoms with van der Waals surface area (Å²) < 4.78 is 0. The van der Waals surface area contributed by atoms with Crippen LogP contribution in [0.5, 0.6) is 0 Å². The van der Waals surface area contributed by atoms with E-state index in [1.807, 2.05) is 19.2 Å². The zero-order chi connectivity index (χ0) is 13.5. The molecule has 0 amide bonds. The number of benzene rings is 1. The number of piperidine rings is 1. The molecule has 1 N–H and O–H groups in total. The maximum Gasteiger partial charge on any atom is 0.0966 e. The molecule has 1 saturated heterocycles. The first-order chi connectivity index (χ1) is 9.09. The van der Waals surface area contributed by atoms with Crippen molar-refractivity contribution in [1.29, 1.82) is 5.26 Å². The van der Waals surface area contributed by atoms with Crippen LogP contribution in [0, 0.1) is 16.7 Å². The van der Waals surface area contributed by atoms with E-state index in [2.05, 4.69) is 23.1 Å². The van der Waals surface area contributed by atoms with Crippen LogP contribution in [-0.4, -0.2) is 35.7 Å². The van der Waals surface area contributed by atoms with Gasteiger partial charge in [-0.2, -0.15) is 5.26 Å². The van der Waals surface area contributed by atoms with Gasteiger partial charge in [0.05, 0.1) is 17.1 Å². The molecule has 0 saturated carbocycles. The molecule has 1 unspecified atom stereocenters. The van der Waals surface area contributed by atoms with Gasteiger partial charge < -0.3 is 10.0 Å². The first-order valence-corrected chi connectivity index (χ1v) is 6.98. The van der Waals surface area contributed by atoms with Gasteiger partial charge in [0.1, 0.15) is 0 Å². The van der Waals surface area contributed by atoms with Crippen LogP contribution in [0.15, 0.2) is 24.3 Å². The molecule has 0 bridgehead atoms. The molecule has 1 heterocycles. The summed E-state index contributed by atoms with van der Waals surface area (Å²) >= 11 is 0. The lowest BCUT2D eigenvalue weighted by Gasteiger charge is -2.46. The monoisotopic (exact) mass is 256 g/mol. The second-order valence-electron chi connectivity index (χ2n) is 6.19. The highest BCUT2D eigenvalue weighted by Gasteiger charge is 2.54. The quantitative estimate of drug-likeness (QED) is 0.832. The molecule has 3 nitrogen and oxygen atoms in total. The van der Waals surface area contributed by atoms with Gasteiger partial charge in [-0.1, -0.05) is 24.3 Å². The number of rotatable bonds is 1. The predicted octanol–water partition coefficient (Wildman–Crippen LogP) is 1.75. The van der Waals surface area contributed by atoms with Crippen molar-refractivity contribution in [3.63, 3.8) is 0 Å². The fourth-order valence-electron chi connectivity index (χ4n) is 3.76. The number of likely N-dealkylation sites (N-methyl/N-ethyl adjacent to an activating group) is 1. The highest BCUT2D eigenvalue weighted by molar-refractivity contribution is 5.39. The van der Waals surface area contributed by atoms with Crippen LogP contribution in [0.25, 0.3) is 0 Å². The molecule has 1 aliphatic carbocycles. The third-order valence-electron chi connectivity index (χ3n) is 4.87. The van der Waals surface area contributed by atoms with Crippen molar-refractivity contribution >= 4 is 0 Å². The van der Waals surface area contributed by atoms with Gasteiger partial charge in [0.15, 0.2) is 0 Å². The van der Waals surface area contributed by atoms with Crippen LogP contribution in [0.1, 0.15) is 24.0 Å². The molecule has 0 spiro atoms. The Morgan fingerprint density at radius 2 is 1.89 bits per heavy atom. The topological polar surface area (TPSA) is 47.3 Å². The number of nitriles is 1. The highest BCUT2D eigenvalue weighted by Crippen LogP contribution is 2.47. The molecule has 3 heteroatoms. The van der Waals surface area contributed by atoms with Crippen LogP contribution < -0.4 is 0 Å². The summed E-state index contributed by atoms with van der Waals surface area (Å²) in [5, 5.41) is 20.9. The Bertz CT molecular complexity index is 509. The minimum Gasteiger partial charge on any atom is -0.387 e. The molecular weight excluding hydrogens is 236 g/mol. The standard InChI is InChI=1S/C16H20N2O/c1-18-8-4-7-16(19,12-18)15(11-17)9-13-5-2-3-6-14(13)10-15/h2-3,5-6,19H,4,7-10,12H2,1H3. The summed E-state index contributed by atoms with van der Waals surface area (Å²) in [5.74, 6) is 0. The zero-order valence-corrected chi connectivity index (χ0v) is 11.4. The third kappa shape index (κ3) is 1.87. The molecule has 1 fully saturated rings. The van der Waals surface area contributed by atoms with E-state index in [4.69, 9.17) is 0 Å². The zero-order valence-electron chi connectivity index (χ0n) is 11.4. The first-order valence-electron chi connectivity index (χ1n) is 6.98. The maximum atomic E-state index is 11.1. The Balaban J connectivity index is 1.96. The van der Waals surface area contributed by atoms with Crippen LogP contribution >= 0.6 is 0 Å². The van der Waals surface area contributed by atoms with Crippen LogP contribution in [0.3, 0.4) is 0 Å². The number of likely N-dealkylation sites (tertiary alicyclic amines) is 1. The lowest BCUT2D eigenvalue weighted by atomic mass is 9.67. The largest absolute Gasteiger partial charge is 0.387 e. The smallest absolute Gasteiger partial charge is 0.0966 e. The van der Waals surface area contributed by atoms with Crippen LogP contribution in [0.4, 0.5) is 0 Å². The minimum atomic E-state index is -0.881. The SMILES string of the molecule is CN1CCCC(O)(C2(C#N)Cc3ccccc3C2)C1. The van der Waals surface area contributed by atoms with E-state index in [9.17, 15) is 10.4 Å². The van der Waals surface area contributed by atoms with E-state index in [0.29, 0.717) is 19.4 Å². The molecule has 2 aliphatic rings. The van der Waals surface area contributed by atoms with E-state index >= 15 is 0 Å². The van der Waals surface area contributed by atoms with Crippen LogP contribution in [-0.2, 0) is 12.8 Å². The van der Waals surface area contributed by atoms with Gasteiger partial charge in [0.25, 0.3) is 0 Å². The van der Waals surface area contributed by atoms with Gasteiger partial charge in [0.2, 0.25) is 0 Å². The molecule has 19 heavy (non-hydrogen) atoms. The molecule has 1 aromatic carbocycles. The molecular formula is C16H20N2O. The van der Waals surface area contributed by atoms with Gasteiger partial charge in [-0.3, -0.25) is 0 Å². The fraction of sp³-hybridized carbons (Fsp3) is 0.562. The van der Waals surface area contributed by atoms with Gasteiger partial charge in [-0.05, 0) is 50.4 Å². The molecule has 3 rings (SSSR count). The molecule has 1 atom stereocenters. The molecule has 0 aromatic heterocycles. The second kappa shape index (κ2) is 4.33. The van der Waals surface area contributed by atoms with E-state index < -0.39 is 11.0 Å². The second-order valence-corrected chi connectivity index (χ2v) is 6.19. The number of hydrogen-bond acceptors (Lipinski definition) is 3. The lowest BCUT2D eigenvalue weighted by molar-refractivity contribution is -0.0953. The minimum absolute atomic E-state index is 0.606. The summed E-state index contributed by atoms with van der Waals surface area (Å²) in [7, 11) is 2.03. The van der Waals surface area contributed by atoms with Crippen molar-refractivity contribution in [3.8, 4) is 6.07 Å². The van der Waals surface area contributed by atoms with Gasteiger partial charge in [0, 0.05) is 6.54 Å². The van der Waals surface area contributed by atoms with E-state index in [0.717, 1.165) is 19.4 Å². The van der Waals surface area contributed by atoms with Crippen molar-refractivity contribution in [1.82, 2.24) is 4.90 Å². The van der Waals surface area contributed by atoms with E-state index in [1.165, 1.54) is 11.1 Å². The third-order valence-corrected chi connectivity index (χ3v) is 4.87. The van der Waals surface area contributed by atoms with Crippen molar-refractivity contribution in [3.05, 3.63) is 35.4 Å². The summed E-state index contributed by atoms with van der Waals surface area (Å²) in [5.41, 5.74) is 0.926. The Morgan fingerprint density at radius 1 is 1.26 bits per heavy atom. The molecule has 1 aliphatic heterocycles. The van der Waals surface area contributed by atoms with Crippen molar-refractivity contribution in [2.24, 2.45) is 5.41 Å². The van der Waals surface area contributed by atoms with Crippen LogP contribution in [0.2, 0.25) is 0 Å². The first kappa shape index (κ1) is 12.7. The summed E-state index contributed by atoms with van der Waals surface area (Å²) in [6.45, 7) is 1.62. The molecule has 100 valence electrons. The average Bonchev–Trinajstić information content (AvgIpc) is 2.79. The summed E-state index contributed by atoms with van der Waals surface area (Å²) in [4.78, 5) is 2.14. The van der Waals surface area contributed by atoms with Gasteiger partial charge >= 0.3 is 0 Å². The Labute approximate surface area is 114 Å². The number of nitrogens with zero attached hydrogens (tertiary/aromatic N) is 2. The lowest BCUT2D eigenvalue weighted by Crippen LogP contribution is -2.57. The van der Waals surface area contributed by atoms with E-state index in [-0.39, 0.29) is 0 Å². The number of hydrogen-bond donors (Lipinski definition) is 1. The molecule has 0 radical (unpaired) electrons. The average molecular weight is 256 g/mol. The van der Waals surface area contributed by atoms with Gasteiger partial charge in [-0.15, -0.1) is 0 Å². The number of fused-ring (bicyclic) bond motifs is 1. The Kier molecular flexibility index (Phi) is 2.88. The Hall–Kier alpha value is -1.37. The normalized spacial score (nSPS) is 29.7. The summed E-state index contributed by atoms with van der Waals surface area (Å²) in [6, 6.07) is 10.7. The highest BCUT2D eigenvalue weighted by atomic mass is 16.3. The number of β-amino-alcohol motifs (C(OH)–C–C–N with tert-alkyl or cyclic N) is 1.